The molecule has 1 saturated heterocycles. The third-order valence-corrected chi connectivity index (χ3v) is 21.8. The Labute approximate surface area is 569 Å². The molecule has 0 spiro atoms. The van der Waals surface area contributed by atoms with Crippen molar-refractivity contribution in [2.45, 2.75) is 185 Å². The number of carbonyl (C=O) groups is 14. The normalized spacial score (nSPS) is 15.6. The van der Waals surface area contributed by atoms with E-state index in [9.17, 15) is 103 Å². The van der Waals surface area contributed by atoms with Crippen molar-refractivity contribution in [1.82, 2.24) is 56.8 Å². The number of carbonyl (C=O) groups excluding carboxylic acids is 6. The van der Waals surface area contributed by atoms with E-state index in [1.807, 2.05) is 46.9 Å². The maximum absolute atomic E-state index is 17.1. The summed E-state index contributed by atoms with van der Waals surface area (Å²) in [5, 5.41) is 93.3. The van der Waals surface area contributed by atoms with Crippen molar-refractivity contribution in [3.63, 3.8) is 0 Å². The highest BCUT2D eigenvalue weighted by molar-refractivity contribution is 6.90. The Morgan fingerprint density at radius 3 is 1.22 bits per heavy atom. The first kappa shape index (κ1) is 85.7. The summed E-state index contributed by atoms with van der Waals surface area (Å²) in [6, 6.07) is -2.70. The monoisotopic (exact) mass is 1410 g/mol. The van der Waals surface area contributed by atoms with Gasteiger partial charge < -0.3 is 82.2 Å². The standard InChI is InChI=1S/C63H102FN11O22Si/c1-62(2,3)98(64,63(4,5)6)42-21-19-41(20-22-42)55(87)67-37-46(68-50(78)25-24-47(60(95)96)75-35-33-73(39-53(83)84)31-29-72(38-52(81)82)30-32-74(34-36-75)40-54(85)86)56(88)69-43(57(89)90)15-11-13-27-65-48(76)17-9-7-8-10-18-49(77)66-28-14-12-16-44(58(91)92)70-61(97)71-45(59(93)94)23-26-51(79)80/h19-22,43-47H,7-18,23-40H2,1-6H3,(H,65,76)(H,66,77)(H,67,87)(H,68,78)(H,69,88)(H,79,80)(H,81,82)(H,83,84)(H,85,86)(H,89,90)(H,91,92)(H,93,94)(H,95,96)(H2,70,71,97)/t43-,44+,45+,46?,47?/m1/s1. The minimum absolute atomic E-state index is 0.0299. The van der Waals surface area contributed by atoms with Gasteiger partial charge >= 0.3 is 53.8 Å². The summed E-state index contributed by atoms with van der Waals surface area (Å²) in [4.78, 5) is 180. The molecule has 2 unspecified atom stereocenters. The van der Waals surface area contributed by atoms with Gasteiger partial charge in [-0.2, -0.15) is 0 Å². The van der Waals surface area contributed by atoms with E-state index in [0.29, 0.717) is 37.3 Å². The summed E-state index contributed by atoms with van der Waals surface area (Å²) in [6.07, 6.45) is 1.63. The van der Waals surface area contributed by atoms with E-state index in [0.717, 1.165) is 0 Å². The zero-order valence-corrected chi connectivity index (χ0v) is 57.9. The molecule has 0 radical (unpaired) electrons. The number of nitrogens with zero attached hydrogens (tertiary/aromatic N) is 4. The zero-order valence-electron chi connectivity index (χ0n) is 56.9. The third-order valence-electron chi connectivity index (χ3n) is 16.6. The van der Waals surface area contributed by atoms with E-state index < -0.39 is 172 Å². The van der Waals surface area contributed by atoms with Crippen molar-refractivity contribution in [3.8, 4) is 0 Å². The second-order valence-electron chi connectivity index (χ2n) is 26.3. The summed E-state index contributed by atoms with van der Waals surface area (Å²) in [7, 11) is -3.74. The van der Waals surface area contributed by atoms with Gasteiger partial charge in [-0.05, 0) is 91.6 Å². The minimum Gasteiger partial charge on any atom is -0.481 e. The zero-order chi connectivity index (χ0) is 73.9. The summed E-state index contributed by atoms with van der Waals surface area (Å²) in [5.74, 6) is -13.7. The van der Waals surface area contributed by atoms with E-state index in [-0.39, 0.29) is 128 Å². The first-order valence-corrected chi connectivity index (χ1v) is 34.7. The molecule has 0 bridgehead atoms. The number of halogens is 1. The van der Waals surface area contributed by atoms with Crippen LogP contribution in [0.25, 0.3) is 0 Å². The van der Waals surface area contributed by atoms with E-state index in [1.54, 1.807) is 0 Å². The van der Waals surface area contributed by atoms with E-state index in [1.165, 1.54) is 43.9 Å². The van der Waals surface area contributed by atoms with Crippen molar-refractivity contribution in [1.29, 1.82) is 0 Å². The Bertz CT molecular complexity index is 2820. The Hall–Kier alpha value is -8.41. The Morgan fingerprint density at radius 2 is 0.837 bits per heavy atom. The molecule has 0 saturated carbocycles. The van der Waals surface area contributed by atoms with Crippen molar-refractivity contribution in [2.24, 2.45) is 0 Å². The lowest BCUT2D eigenvalue weighted by molar-refractivity contribution is -0.145. The molecule has 2 rings (SSSR count). The maximum Gasteiger partial charge on any atom is 0.326 e. The molecule has 552 valence electrons. The number of benzene rings is 1. The number of carboxylic acids is 8. The predicted molar refractivity (Wildman–Crippen MR) is 353 cm³/mol. The fourth-order valence-corrected chi connectivity index (χ4v) is 16.0. The van der Waals surface area contributed by atoms with Crippen LogP contribution < -0.4 is 42.4 Å². The molecule has 98 heavy (non-hydrogen) atoms. The molecule has 1 fully saturated rings. The number of rotatable bonds is 43. The van der Waals surface area contributed by atoms with Crippen LogP contribution in [-0.2, 0) is 57.5 Å². The van der Waals surface area contributed by atoms with Crippen molar-refractivity contribution in [3.05, 3.63) is 29.8 Å². The van der Waals surface area contributed by atoms with E-state index in [4.69, 9.17) is 5.11 Å². The minimum atomic E-state index is -3.74. The summed E-state index contributed by atoms with van der Waals surface area (Å²) in [6.45, 7) is 9.34. The van der Waals surface area contributed by atoms with Gasteiger partial charge in [0.05, 0.1) is 19.6 Å². The number of urea groups is 1. The molecule has 1 aromatic rings. The average molecular weight is 1410 g/mol. The van der Waals surface area contributed by atoms with Crippen LogP contribution in [0.1, 0.15) is 155 Å². The molecule has 1 aromatic carbocycles. The van der Waals surface area contributed by atoms with Crippen molar-refractivity contribution in [2.75, 3.05) is 91.6 Å². The van der Waals surface area contributed by atoms with Crippen LogP contribution in [-0.4, -0.2) is 274 Å². The number of unbranched alkanes of at least 4 members (excludes halogenated alkanes) is 5. The second-order valence-corrected chi connectivity index (χ2v) is 31.2. The molecule has 1 heterocycles. The smallest absolute Gasteiger partial charge is 0.326 e. The number of hydrogen-bond acceptors (Lipinski definition) is 18. The highest BCUT2D eigenvalue weighted by Gasteiger charge is 2.56. The first-order valence-electron chi connectivity index (χ1n) is 32.8. The van der Waals surface area contributed by atoms with Crippen LogP contribution in [0.15, 0.2) is 24.3 Å². The quantitative estimate of drug-likeness (QED) is 0.0245. The molecular weight excluding hydrogens is 1310 g/mol. The summed E-state index contributed by atoms with van der Waals surface area (Å²) < 4.78 is 17.1. The maximum atomic E-state index is 17.1. The molecule has 0 aromatic heterocycles. The van der Waals surface area contributed by atoms with Crippen LogP contribution in [0.5, 0.6) is 0 Å². The summed E-state index contributed by atoms with van der Waals surface area (Å²) >= 11 is 0. The highest BCUT2D eigenvalue weighted by atomic mass is 28.4. The van der Waals surface area contributed by atoms with Gasteiger partial charge in [-0.1, -0.05) is 66.5 Å². The van der Waals surface area contributed by atoms with Gasteiger partial charge in [-0.25, -0.2) is 19.2 Å². The lowest BCUT2D eigenvalue weighted by atomic mass is 10.1. The number of hydrogen-bond donors (Lipinski definition) is 15. The Balaban J connectivity index is 2.09. The first-order chi connectivity index (χ1) is 45.8. The molecule has 7 amide bonds. The average Bonchev–Trinajstić information content (AvgIpc) is 0.749. The summed E-state index contributed by atoms with van der Waals surface area (Å²) in [5.41, 5.74) is 0.0719. The van der Waals surface area contributed by atoms with Crippen molar-refractivity contribution < 1.29 is 112 Å². The molecular formula is C63H102FN11O22Si. The van der Waals surface area contributed by atoms with Crippen LogP contribution in [0.4, 0.5) is 8.90 Å². The second kappa shape index (κ2) is 43.1. The van der Waals surface area contributed by atoms with E-state index in [2.05, 4.69) is 31.9 Å². The van der Waals surface area contributed by atoms with Crippen LogP contribution in [0.3, 0.4) is 0 Å². The molecule has 0 aliphatic carbocycles. The third kappa shape index (κ3) is 32.8. The van der Waals surface area contributed by atoms with Crippen LogP contribution in [0.2, 0.25) is 10.1 Å². The molecule has 1 aliphatic heterocycles. The SMILES string of the molecule is CC(C)(C)[Si](F)(c1ccc(C(=O)NCC(NC(=O)CCC(C(=O)O)N2CCN(CC(=O)O)CCN(CC(=O)O)CCN(CC(=O)O)CC2)C(=O)N[C@H](CCCCNC(=O)CCCCCCC(=O)NCCCC[C@H](NC(=O)N[C@@H](CCC(=O)O)C(=O)O)C(=O)O)C(=O)O)cc1)C(C)(C)C. The molecule has 35 heteroatoms. The van der Waals surface area contributed by atoms with Gasteiger partial charge in [0, 0.05) is 103 Å². The van der Waals surface area contributed by atoms with Gasteiger partial charge in [0.2, 0.25) is 23.6 Å². The van der Waals surface area contributed by atoms with Gasteiger partial charge in [0.1, 0.15) is 30.2 Å². The molecule has 5 atom stereocenters. The molecule has 33 nitrogen and oxygen atoms in total. The van der Waals surface area contributed by atoms with E-state index >= 15 is 4.11 Å². The molecule has 15 N–H and O–H groups in total. The lowest BCUT2D eigenvalue weighted by Crippen LogP contribution is -2.58. The van der Waals surface area contributed by atoms with Gasteiger partial charge in [-0.3, -0.25) is 67.5 Å². The van der Waals surface area contributed by atoms with Crippen LogP contribution in [0, 0.1) is 0 Å². The molecule has 1 aliphatic rings. The topological polar surface area (TPSA) is 498 Å². The largest absolute Gasteiger partial charge is 0.481 e. The lowest BCUT2D eigenvalue weighted by Gasteiger charge is -2.44. The van der Waals surface area contributed by atoms with Crippen molar-refractivity contribution >= 4 is 96.9 Å². The van der Waals surface area contributed by atoms with Gasteiger partial charge in [0.15, 0.2) is 0 Å². The highest BCUT2D eigenvalue weighted by Crippen LogP contribution is 2.51. The number of carboxylic acid groups (broad SMARTS) is 8. The fraction of sp³-hybridized carbons (Fsp3) is 0.683. The Morgan fingerprint density at radius 1 is 0.429 bits per heavy atom. The number of aliphatic carboxylic acids is 8. The number of nitrogens with one attached hydrogen (secondary N) is 7. The predicted octanol–water partition coefficient (Wildman–Crippen LogP) is 0.886. The number of amides is 7. The van der Waals surface area contributed by atoms with Gasteiger partial charge in [0.25, 0.3) is 14.3 Å². The van der Waals surface area contributed by atoms with Gasteiger partial charge in [-0.15, -0.1) is 0 Å². The Kier molecular flexibility index (Phi) is 37.7. The fourth-order valence-electron chi connectivity index (χ4n) is 11.4. The van der Waals surface area contributed by atoms with Crippen LogP contribution >= 0.6 is 0 Å².